The van der Waals surface area contributed by atoms with Crippen LogP contribution in [0.25, 0.3) is 0 Å². The van der Waals surface area contributed by atoms with Crippen molar-refractivity contribution in [1.29, 1.82) is 0 Å². The van der Waals surface area contributed by atoms with E-state index in [2.05, 4.69) is 11.0 Å². The zero-order valence-corrected chi connectivity index (χ0v) is 14.0. The van der Waals surface area contributed by atoms with Crippen molar-refractivity contribution in [3.8, 4) is 5.75 Å². The number of benzene rings is 1. The van der Waals surface area contributed by atoms with Gasteiger partial charge in [-0.15, -0.1) is 0 Å². The fraction of sp³-hybridized carbons (Fsp3) is 0.571. The normalized spacial score (nSPS) is 11.5. The third-order valence-electron chi connectivity index (χ3n) is 2.88. The van der Waals surface area contributed by atoms with E-state index in [1.807, 2.05) is 11.8 Å². The molecule has 0 saturated heterocycles. The number of hydrogen-bond donors (Lipinski definition) is 2. The Labute approximate surface area is 131 Å². The van der Waals surface area contributed by atoms with Crippen molar-refractivity contribution in [2.45, 2.75) is 19.3 Å². The third-order valence-corrected chi connectivity index (χ3v) is 4.92. The van der Waals surface area contributed by atoms with Crippen molar-refractivity contribution in [2.75, 3.05) is 36.6 Å². The highest BCUT2D eigenvalue weighted by Crippen LogP contribution is 2.19. The van der Waals surface area contributed by atoms with Gasteiger partial charge < -0.3 is 10.5 Å². The molecule has 0 heterocycles. The standard InChI is InChI=1S/C14H24N2O3S2/c1-20-11-6-2-5-9-16-21(17,18)12-10-19-14-8-4-3-7-13(14)15/h3-4,7-8,16H,2,5-6,9-12,15H2,1H3. The van der Waals surface area contributed by atoms with Crippen LogP contribution in [0.15, 0.2) is 24.3 Å². The molecule has 0 spiro atoms. The van der Waals surface area contributed by atoms with Crippen molar-refractivity contribution in [2.24, 2.45) is 0 Å². The Morgan fingerprint density at radius 3 is 2.71 bits per heavy atom. The van der Waals surface area contributed by atoms with Gasteiger partial charge in [-0.25, -0.2) is 13.1 Å². The van der Waals surface area contributed by atoms with Crippen LogP contribution in [0.1, 0.15) is 19.3 Å². The second-order valence-electron chi connectivity index (χ2n) is 4.65. The number of para-hydroxylation sites is 2. The lowest BCUT2D eigenvalue weighted by Gasteiger charge is -2.09. The van der Waals surface area contributed by atoms with Crippen molar-refractivity contribution in [3.05, 3.63) is 24.3 Å². The number of rotatable bonds is 11. The molecular formula is C14H24N2O3S2. The van der Waals surface area contributed by atoms with Crippen molar-refractivity contribution in [3.63, 3.8) is 0 Å². The Balaban J connectivity index is 2.19. The van der Waals surface area contributed by atoms with Crippen LogP contribution in [0.3, 0.4) is 0 Å². The van der Waals surface area contributed by atoms with Gasteiger partial charge in [0.1, 0.15) is 12.4 Å². The fourth-order valence-corrected chi connectivity index (χ4v) is 3.12. The highest BCUT2D eigenvalue weighted by atomic mass is 32.2. The molecule has 5 nitrogen and oxygen atoms in total. The highest BCUT2D eigenvalue weighted by Gasteiger charge is 2.10. The first-order chi connectivity index (χ1) is 10.0. The molecule has 0 aliphatic carbocycles. The third kappa shape index (κ3) is 8.18. The summed E-state index contributed by atoms with van der Waals surface area (Å²) in [5.41, 5.74) is 6.23. The molecule has 1 aromatic rings. The Kier molecular flexibility index (Phi) is 8.56. The van der Waals surface area contributed by atoms with E-state index in [-0.39, 0.29) is 12.4 Å². The number of nitrogens with one attached hydrogen (secondary N) is 1. The number of unbranched alkanes of at least 4 members (excludes halogenated alkanes) is 2. The van der Waals surface area contributed by atoms with Gasteiger partial charge in [-0.2, -0.15) is 11.8 Å². The van der Waals surface area contributed by atoms with E-state index in [0.29, 0.717) is 18.0 Å². The second-order valence-corrected chi connectivity index (χ2v) is 7.56. The van der Waals surface area contributed by atoms with Gasteiger partial charge in [-0.3, -0.25) is 0 Å². The number of thioether (sulfide) groups is 1. The second kappa shape index (κ2) is 9.92. The minimum atomic E-state index is -3.28. The maximum absolute atomic E-state index is 11.8. The molecule has 21 heavy (non-hydrogen) atoms. The lowest BCUT2D eigenvalue weighted by molar-refractivity contribution is 0.342. The summed E-state index contributed by atoms with van der Waals surface area (Å²) >= 11 is 1.81. The number of ether oxygens (including phenoxy) is 1. The van der Waals surface area contributed by atoms with E-state index in [1.165, 1.54) is 0 Å². The minimum Gasteiger partial charge on any atom is -0.490 e. The lowest BCUT2D eigenvalue weighted by Crippen LogP contribution is -2.29. The summed E-state index contributed by atoms with van der Waals surface area (Å²) in [6.07, 6.45) is 5.11. The molecule has 0 amide bonds. The summed E-state index contributed by atoms with van der Waals surface area (Å²) in [6.45, 7) is 0.584. The Morgan fingerprint density at radius 1 is 1.24 bits per heavy atom. The summed E-state index contributed by atoms with van der Waals surface area (Å²) in [6, 6.07) is 7.04. The Morgan fingerprint density at radius 2 is 2.00 bits per heavy atom. The molecule has 0 bridgehead atoms. The van der Waals surface area contributed by atoms with Gasteiger partial charge in [0.05, 0.1) is 11.4 Å². The number of anilines is 1. The van der Waals surface area contributed by atoms with E-state index >= 15 is 0 Å². The zero-order valence-electron chi connectivity index (χ0n) is 12.4. The van der Waals surface area contributed by atoms with Crippen molar-refractivity contribution >= 4 is 27.5 Å². The first-order valence-corrected chi connectivity index (χ1v) is 10.0. The van der Waals surface area contributed by atoms with Gasteiger partial charge in [-0.1, -0.05) is 18.6 Å². The topological polar surface area (TPSA) is 81.4 Å². The van der Waals surface area contributed by atoms with Crippen LogP contribution >= 0.6 is 11.8 Å². The van der Waals surface area contributed by atoms with Crippen LogP contribution in [-0.4, -0.2) is 39.3 Å². The molecule has 0 saturated carbocycles. The summed E-state index contributed by atoms with van der Waals surface area (Å²) < 4.78 is 31.5. The number of hydrogen-bond acceptors (Lipinski definition) is 5. The zero-order chi connectivity index (χ0) is 15.6. The van der Waals surface area contributed by atoms with E-state index in [4.69, 9.17) is 10.5 Å². The van der Waals surface area contributed by atoms with E-state index in [9.17, 15) is 8.42 Å². The first kappa shape index (κ1) is 18.1. The molecule has 120 valence electrons. The quantitative estimate of drug-likeness (QED) is 0.479. The van der Waals surface area contributed by atoms with E-state index < -0.39 is 10.0 Å². The molecule has 1 aromatic carbocycles. The van der Waals surface area contributed by atoms with Gasteiger partial charge in [0, 0.05) is 6.54 Å². The Hall–Kier alpha value is -0.920. The van der Waals surface area contributed by atoms with Gasteiger partial charge in [0.15, 0.2) is 0 Å². The van der Waals surface area contributed by atoms with Gasteiger partial charge >= 0.3 is 0 Å². The molecule has 3 N–H and O–H groups in total. The molecular weight excluding hydrogens is 308 g/mol. The average molecular weight is 332 g/mol. The molecule has 0 fully saturated rings. The van der Waals surface area contributed by atoms with E-state index in [1.54, 1.807) is 24.3 Å². The first-order valence-electron chi connectivity index (χ1n) is 6.99. The van der Waals surface area contributed by atoms with Crippen molar-refractivity contribution < 1.29 is 13.2 Å². The van der Waals surface area contributed by atoms with Crippen molar-refractivity contribution in [1.82, 2.24) is 4.72 Å². The van der Waals surface area contributed by atoms with Crippen LogP contribution in [0.5, 0.6) is 5.75 Å². The van der Waals surface area contributed by atoms with Crippen LogP contribution in [0.2, 0.25) is 0 Å². The summed E-state index contributed by atoms with van der Waals surface area (Å²) in [7, 11) is -3.28. The van der Waals surface area contributed by atoms with Crippen LogP contribution in [0.4, 0.5) is 5.69 Å². The smallest absolute Gasteiger partial charge is 0.214 e. The molecule has 0 radical (unpaired) electrons. The molecule has 1 rings (SSSR count). The monoisotopic (exact) mass is 332 g/mol. The maximum atomic E-state index is 11.8. The van der Waals surface area contributed by atoms with Crippen LogP contribution < -0.4 is 15.2 Å². The highest BCUT2D eigenvalue weighted by molar-refractivity contribution is 7.98. The molecule has 0 aliphatic heterocycles. The summed E-state index contributed by atoms with van der Waals surface area (Å²) in [5.74, 6) is 1.58. The lowest BCUT2D eigenvalue weighted by atomic mass is 10.2. The minimum absolute atomic E-state index is 0.0633. The molecule has 0 atom stereocenters. The van der Waals surface area contributed by atoms with Gasteiger partial charge in [0.25, 0.3) is 0 Å². The van der Waals surface area contributed by atoms with Gasteiger partial charge in [0.2, 0.25) is 10.0 Å². The van der Waals surface area contributed by atoms with E-state index in [0.717, 1.165) is 25.0 Å². The van der Waals surface area contributed by atoms with Crippen LogP contribution in [-0.2, 0) is 10.0 Å². The maximum Gasteiger partial charge on any atom is 0.214 e. The predicted octanol–water partition coefficient (Wildman–Crippen LogP) is 2.10. The SMILES string of the molecule is CSCCCCCNS(=O)(=O)CCOc1ccccc1N. The van der Waals surface area contributed by atoms with Crippen LogP contribution in [0, 0.1) is 0 Å². The fourth-order valence-electron chi connectivity index (χ4n) is 1.72. The molecule has 0 aromatic heterocycles. The van der Waals surface area contributed by atoms with Gasteiger partial charge in [-0.05, 0) is 37.0 Å². The number of nitrogen functional groups attached to an aromatic ring is 1. The average Bonchev–Trinajstić information content (AvgIpc) is 2.45. The number of sulfonamides is 1. The molecule has 0 aliphatic rings. The summed E-state index contributed by atoms with van der Waals surface area (Å²) in [4.78, 5) is 0. The summed E-state index contributed by atoms with van der Waals surface area (Å²) in [5, 5.41) is 0. The Bertz CT molecular complexity index is 507. The molecule has 0 unspecified atom stereocenters. The molecule has 7 heteroatoms. The largest absolute Gasteiger partial charge is 0.490 e. The predicted molar refractivity (Wildman–Crippen MR) is 90.4 cm³/mol. The number of nitrogens with two attached hydrogens (primary N) is 1.